The van der Waals surface area contributed by atoms with E-state index in [1.54, 1.807) is 13.2 Å². The molecule has 0 bridgehead atoms. The van der Waals surface area contributed by atoms with E-state index >= 15 is 0 Å². The van der Waals surface area contributed by atoms with E-state index in [0.29, 0.717) is 5.56 Å². The van der Waals surface area contributed by atoms with Gasteiger partial charge in [0.1, 0.15) is 11.6 Å². The van der Waals surface area contributed by atoms with Gasteiger partial charge in [-0.3, -0.25) is 0 Å². The minimum absolute atomic E-state index is 0.236. The van der Waals surface area contributed by atoms with Crippen molar-refractivity contribution in [2.45, 2.75) is 19.8 Å². The van der Waals surface area contributed by atoms with Crippen LogP contribution < -0.4 is 4.74 Å². The van der Waals surface area contributed by atoms with Crippen LogP contribution in [0.1, 0.15) is 30.9 Å². The van der Waals surface area contributed by atoms with Crippen molar-refractivity contribution >= 4 is 6.08 Å². The number of hydrogen-bond donors (Lipinski definition) is 0. The minimum Gasteiger partial charge on any atom is -0.496 e. The van der Waals surface area contributed by atoms with E-state index in [9.17, 15) is 4.39 Å². The Balaban J connectivity index is 3.39. The first kappa shape index (κ1) is 10.8. The highest BCUT2D eigenvalue weighted by molar-refractivity contribution is 5.59. The van der Waals surface area contributed by atoms with Gasteiger partial charge in [-0.15, -0.1) is 0 Å². The standard InChI is InChI=1S/C12H15FO/c1-5-9-6-10(13)7-11(8(2)3)12(9)14-4/h5-8H,1H2,2-4H3. The lowest BCUT2D eigenvalue weighted by Crippen LogP contribution is -1.98. The maximum atomic E-state index is 13.2. The second-order valence-corrected chi connectivity index (χ2v) is 3.48. The van der Waals surface area contributed by atoms with E-state index in [0.717, 1.165) is 11.3 Å². The molecule has 0 fully saturated rings. The van der Waals surface area contributed by atoms with Crippen LogP contribution in [0.15, 0.2) is 18.7 Å². The molecule has 0 aliphatic carbocycles. The number of methoxy groups -OCH3 is 1. The van der Waals surface area contributed by atoms with E-state index < -0.39 is 0 Å². The zero-order valence-electron chi connectivity index (χ0n) is 8.80. The highest BCUT2D eigenvalue weighted by Crippen LogP contribution is 2.31. The summed E-state index contributed by atoms with van der Waals surface area (Å²) in [4.78, 5) is 0. The normalized spacial score (nSPS) is 10.4. The predicted molar refractivity (Wildman–Crippen MR) is 57.1 cm³/mol. The average molecular weight is 194 g/mol. The zero-order valence-corrected chi connectivity index (χ0v) is 8.80. The first-order valence-electron chi connectivity index (χ1n) is 4.60. The molecule has 0 saturated carbocycles. The van der Waals surface area contributed by atoms with Crippen LogP contribution in [0.4, 0.5) is 4.39 Å². The Morgan fingerprint density at radius 2 is 2.07 bits per heavy atom. The van der Waals surface area contributed by atoms with Crippen molar-refractivity contribution in [3.63, 3.8) is 0 Å². The number of ether oxygens (including phenoxy) is 1. The fourth-order valence-electron chi connectivity index (χ4n) is 1.45. The number of rotatable bonds is 3. The molecule has 0 unspecified atom stereocenters. The summed E-state index contributed by atoms with van der Waals surface area (Å²) in [6, 6.07) is 2.94. The van der Waals surface area contributed by atoms with E-state index in [-0.39, 0.29) is 11.7 Å². The molecule has 0 aliphatic rings. The molecule has 0 amide bonds. The number of benzene rings is 1. The van der Waals surface area contributed by atoms with Crippen molar-refractivity contribution < 1.29 is 9.13 Å². The lowest BCUT2D eigenvalue weighted by Gasteiger charge is -2.14. The predicted octanol–water partition coefficient (Wildman–Crippen LogP) is 3.60. The van der Waals surface area contributed by atoms with Crippen LogP contribution in [0.5, 0.6) is 5.75 Å². The largest absolute Gasteiger partial charge is 0.496 e. The molecule has 76 valence electrons. The lowest BCUT2D eigenvalue weighted by atomic mass is 9.99. The smallest absolute Gasteiger partial charge is 0.129 e. The highest BCUT2D eigenvalue weighted by Gasteiger charge is 2.12. The van der Waals surface area contributed by atoms with Crippen molar-refractivity contribution in [3.8, 4) is 5.75 Å². The minimum atomic E-state index is -0.246. The Morgan fingerprint density at radius 1 is 1.43 bits per heavy atom. The maximum absolute atomic E-state index is 13.2. The van der Waals surface area contributed by atoms with Crippen LogP contribution in [0.25, 0.3) is 6.08 Å². The van der Waals surface area contributed by atoms with E-state index in [1.807, 2.05) is 13.8 Å². The van der Waals surface area contributed by atoms with Gasteiger partial charge < -0.3 is 4.74 Å². The molecule has 0 saturated heterocycles. The van der Waals surface area contributed by atoms with Gasteiger partial charge in [0.2, 0.25) is 0 Å². The maximum Gasteiger partial charge on any atom is 0.129 e. The molecular formula is C12H15FO. The van der Waals surface area contributed by atoms with Crippen LogP contribution in [0.3, 0.4) is 0 Å². The van der Waals surface area contributed by atoms with E-state index in [2.05, 4.69) is 6.58 Å². The van der Waals surface area contributed by atoms with Gasteiger partial charge in [0.15, 0.2) is 0 Å². The summed E-state index contributed by atoms with van der Waals surface area (Å²) < 4.78 is 18.4. The first-order valence-corrected chi connectivity index (χ1v) is 4.60. The average Bonchev–Trinajstić information content (AvgIpc) is 2.16. The molecule has 0 radical (unpaired) electrons. The molecule has 1 aromatic rings. The van der Waals surface area contributed by atoms with Crippen LogP contribution in [0.2, 0.25) is 0 Å². The van der Waals surface area contributed by atoms with Gasteiger partial charge in [-0.2, -0.15) is 0 Å². The second-order valence-electron chi connectivity index (χ2n) is 3.48. The van der Waals surface area contributed by atoms with Gasteiger partial charge in [0.25, 0.3) is 0 Å². The fraction of sp³-hybridized carbons (Fsp3) is 0.333. The monoisotopic (exact) mass is 194 g/mol. The topological polar surface area (TPSA) is 9.23 Å². The summed E-state index contributed by atoms with van der Waals surface area (Å²) in [6.07, 6.45) is 1.60. The molecule has 0 aromatic heterocycles. The molecule has 2 heteroatoms. The number of hydrogen-bond acceptors (Lipinski definition) is 1. The SMILES string of the molecule is C=Cc1cc(F)cc(C(C)C)c1OC. The lowest BCUT2D eigenvalue weighted by molar-refractivity contribution is 0.405. The van der Waals surface area contributed by atoms with Crippen molar-refractivity contribution in [2.24, 2.45) is 0 Å². The highest BCUT2D eigenvalue weighted by atomic mass is 19.1. The third-order valence-corrected chi connectivity index (χ3v) is 2.16. The summed E-state index contributed by atoms with van der Waals surface area (Å²) >= 11 is 0. The summed E-state index contributed by atoms with van der Waals surface area (Å²) in [5.74, 6) is 0.708. The molecule has 14 heavy (non-hydrogen) atoms. The number of halogens is 1. The Kier molecular flexibility index (Phi) is 3.28. The second kappa shape index (κ2) is 4.27. The quantitative estimate of drug-likeness (QED) is 0.714. The summed E-state index contributed by atoms with van der Waals surface area (Å²) in [5, 5.41) is 0. The molecular weight excluding hydrogens is 179 g/mol. The summed E-state index contributed by atoms with van der Waals surface area (Å²) in [6.45, 7) is 7.64. The summed E-state index contributed by atoms with van der Waals surface area (Å²) in [5.41, 5.74) is 1.58. The molecule has 1 nitrogen and oxygen atoms in total. The van der Waals surface area contributed by atoms with Gasteiger partial charge in [-0.1, -0.05) is 26.5 Å². The van der Waals surface area contributed by atoms with Crippen molar-refractivity contribution in [1.29, 1.82) is 0 Å². The molecule has 1 aromatic carbocycles. The zero-order chi connectivity index (χ0) is 10.7. The van der Waals surface area contributed by atoms with Gasteiger partial charge in [-0.25, -0.2) is 4.39 Å². The molecule has 0 spiro atoms. The van der Waals surface area contributed by atoms with Crippen molar-refractivity contribution in [1.82, 2.24) is 0 Å². The molecule has 0 heterocycles. The van der Waals surface area contributed by atoms with Crippen LogP contribution in [0, 0.1) is 5.82 Å². The fourth-order valence-corrected chi connectivity index (χ4v) is 1.45. The molecule has 0 N–H and O–H groups in total. The van der Waals surface area contributed by atoms with Gasteiger partial charge in [0.05, 0.1) is 7.11 Å². The Hall–Kier alpha value is -1.31. The Morgan fingerprint density at radius 3 is 2.50 bits per heavy atom. The molecule has 1 rings (SSSR count). The van der Waals surface area contributed by atoms with Crippen molar-refractivity contribution in [3.05, 3.63) is 35.7 Å². The van der Waals surface area contributed by atoms with Crippen LogP contribution in [-0.2, 0) is 0 Å². The van der Waals surface area contributed by atoms with Gasteiger partial charge in [0, 0.05) is 11.1 Å². The van der Waals surface area contributed by atoms with Crippen molar-refractivity contribution in [2.75, 3.05) is 7.11 Å². The van der Waals surface area contributed by atoms with Gasteiger partial charge in [-0.05, 0) is 18.1 Å². The first-order chi connectivity index (χ1) is 6.60. The molecule has 0 aliphatic heterocycles. The Bertz CT molecular complexity index is 342. The third kappa shape index (κ3) is 1.95. The van der Waals surface area contributed by atoms with E-state index in [1.165, 1.54) is 12.1 Å². The van der Waals surface area contributed by atoms with E-state index in [4.69, 9.17) is 4.74 Å². The Labute approximate surface area is 84.2 Å². The summed E-state index contributed by atoms with van der Waals surface area (Å²) in [7, 11) is 1.59. The van der Waals surface area contributed by atoms with Gasteiger partial charge >= 0.3 is 0 Å². The van der Waals surface area contributed by atoms with Crippen LogP contribution in [-0.4, -0.2) is 7.11 Å². The third-order valence-electron chi connectivity index (χ3n) is 2.16. The molecule has 0 atom stereocenters. The van der Waals surface area contributed by atoms with Crippen LogP contribution >= 0.6 is 0 Å².